The molecule has 0 aliphatic carbocycles. The molecular formula is C17H20O3. The van der Waals surface area contributed by atoms with Gasteiger partial charge in [-0.3, -0.25) is 4.79 Å². The molecule has 4 unspecified atom stereocenters. The molecule has 20 heavy (non-hydrogen) atoms. The number of furan rings is 1. The molecule has 3 nitrogen and oxygen atoms in total. The maximum absolute atomic E-state index is 12.7. The standard InChI is InChI=1S/C17H20O3/c1-9-5-6-14-13(7-9)8-15(20-14)17(18)16-10(2)11(3)19-12(16)4/h5-8,10-12,16H,1-4H3. The van der Waals surface area contributed by atoms with Gasteiger partial charge in [-0.25, -0.2) is 0 Å². The molecule has 2 aromatic rings. The number of hydrogen-bond donors (Lipinski definition) is 0. The normalized spacial score (nSPS) is 30.0. The lowest BCUT2D eigenvalue weighted by Crippen LogP contribution is -2.26. The molecule has 0 spiro atoms. The molecular weight excluding hydrogens is 252 g/mol. The molecule has 1 aliphatic heterocycles. The summed E-state index contributed by atoms with van der Waals surface area (Å²) in [7, 11) is 0. The van der Waals surface area contributed by atoms with Gasteiger partial charge in [0.15, 0.2) is 5.76 Å². The third-order valence-electron chi connectivity index (χ3n) is 4.46. The zero-order valence-corrected chi connectivity index (χ0v) is 12.3. The van der Waals surface area contributed by atoms with Crippen LogP contribution in [0.25, 0.3) is 11.0 Å². The molecule has 1 aromatic carbocycles. The van der Waals surface area contributed by atoms with Gasteiger partial charge in [-0.2, -0.15) is 0 Å². The SMILES string of the molecule is Cc1ccc2oc(C(=O)C3C(C)OC(C)C3C)cc2c1. The number of aryl methyl sites for hydroxylation is 1. The summed E-state index contributed by atoms with van der Waals surface area (Å²) in [6.45, 7) is 8.10. The van der Waals surface area contributed by atoms with Crippen LogP contribution in [0.1, 0.15) is 36.9 Å². The first-order valence-corrected chi connectivity index (χ1v) is 7.17. The molecule has 0 saturated carbocycles. The van der Waals surface area contributed by atoms with Gasteiger partial charge in [0.25, 0.3) is 0 Å². The van der Waals surface area contributed by atoms with E-state index in [0.717, 1.165) is 16.5 Å². The summed E-state index contributed by atoms with van der Waals surface area (Å²) in [6.07, 6.45) is 0.0630. The summed E-state index contributed by atoms with van der Waals surface area (Å²) in [5.74, 6) is 0.606. The lowest BCUT2D eigenvalue weighted by atomic mass is 9.85. The number of Topliss-reactive ketones (excluding diaryl/α,β-unsaturated/α-hetero) is 1. The Morgan fingerprint density at radius 3 is 2.50 bits per heavy atom. The second kappa shape index (κ2) is 4.74. The van der Waals surface area contributed by atoms with Gasteiger partial charge >= 0.3 is 0 Å². The van der Waals surface area contributed by atoms with Crippen molar-refractivity contribution in [1.29, 1.82) is 0 Å². The van der Waals surface area contributed by atoms with Crippen molar-refractivity contribution >= 4 is 16.8 Å². The highest BCUT2D eigenvalue weighted by molar-refractivity contribution is 5.99. The van der Waals surface area contributed by atoms with Gasteiger partial charge in [0.2, 0.25) is 5.78 Å². The average Bonchev–Trinajstić information content (AvgIpc) is 2.91. The van der Waals surface area contributed by atoms with E-state index in [1.807, 2.05) is 45.0 Å². The molecule has 1 fully saturated rings. The monoisotopic (exact) mass is 272 g/mol. The summed E-state index contributed by atoms with van der Waals surface area (Å²) in [6, 6.07) is 7.80. The van der Waals surface area contributed by atoms with Crippen LogP contribution in [0, 0.1) is 18.8 Å². The van der Waals surface area contributed by atoms with Gasteiger partial charge in [-0.1, -0.05) is 18.6 Å². The number of ether oxygens (including phenoxy) is 1. The molecule has 1 aliphatic rings. The van der Waals surface area contributed by atoms with Crippen LogP contribution in [0.2, 0.25) is 0 Å². The molecule has 2 heterocycles. The van der Waals surface area contributed by atoms with E-state index in [4.69, 9.17) is 9.15 Å². The van der Waals surface area contributed by atoms with Crippen LogP contribution < -0.4 is 0 Å². The Morgan fingerprint density at radius 1 is 1.10 bits per heavy atom. The fourth-order valence-corrected chi connectivity index (χ4v) is 3.17. The number of ketones is 1. The number of hydrogen-bond acceptors (Lipinski definition) is 3. The van der Waals surface area contributed by atoms with Crippen LogP contribution in [0.4, 0.5) is 0 Å². The van der Waals surface area contributed by atoms with Gasteiger partial charge in [0, 0.05) is 5.39 Å². The van der Waals surface area contributed by atoms with Crippen LogP contribution in [-0.2, 0) is 4.74 Å². The van der Waals surface area contributed by atoms with Crippen LogP contribution in [0.5, 0.6) is 0 Å². The van der Waals surface area contributed by atoms with Gasteiger partial charge < -0.3 is 9.15 Å². The maximum atomic E-state index is 12.7. The molecule has 4 atom stereocenters. The van der Waals surface area contributed by atoms with Gasteiger partial charge in [-0.05, 0) is 44.9 Å². The average molecular weight is 272 g/mol. The first-order valence-electron chi connectivity index (χ1n) is 7.17. The first-order chi connectivity index (χ1) is 9.47. The van der Waals surface area contributed by atoms with Crippen LogP contribution >= 0.6 is 0 Å². The Labute approximate surface area is 118 Å². The minimum atomic E-state index is -0.119. The van der Waals surface area contributed by atoms with Crippen LogP contribution in [0.3, 0.4) is 0 Å². The summed E-state index contributed by atoms with van der Waals surface area (Å²) in [5.41, 5.74) is 1.93. The van der Waals surface area contributed by atoms with Crippen LogP contribution in [-0.4, -0.2) is 18.0 Å². The smallest absolute Gasteiger partial charge is 0.204 e. The van der Waals surface area contributed by atoms with Gasteiger partial charge in [0.05, 0.1) is 18.1 Å². The summed E-state index contributed by atoms with van der Waals surface area (Å²) in [5, 5.41) is 0.987. The van der Waals surface area contributed by atoms with Gasteiger partial charge in [0.1, 0.15) is 5.58 Å². The second-order valence-electron chi connectivity index (χ2n) is 5.95. The largest absolute Gasteiger partial charge is 0.453 e. The zero-order chi connectivity index (χ0) is 14.4. The Morgan fingerprint density at radius 2 is 1.85 bits per heavy atom. The zero-order valence-electron chi connectivity index (χ0n) is 12.3. The van der Waals surface area contributed by atoms with E-state index >= 15 is 0 Å². The van der Waals surface area contributed by atoms with Crippen molar-refractivity contribution in [2.24, 2.45) is 11.8 Å². The molecule has 0 radical (unpaired) electrons. The highest BCUT2D eigenvalue weighted by Crippen LogP contribution is 2.35. The minimum Gasteiger partial charge on any atom is -0.453 e. The quantitative estimate of drug-likeness (QED) is 0.776. The number of benzene rings is 1. The van der Waals surface area contributed by atoms with Crippen LogP contribution in [0.15, 0.2) is 28.7 Å². The minimum absolute atomic E-state index is 0.0533. The molecule has 0 bridgehead atoms. The predicted molar refractivity (Wildman–Crippen MR) is 77.9 cm³/mol. The Bertz CT molecular complexity index is 655. The molecule has 1 saturated heterocycles. The molecule has 3 rings (SSSR count). The lowest BCUT2D eigenvalue weighted by Gasteiger charge is -2.15. The predicted octanol–water partition coefficient (Wildman–Crippen LogP) is 3.98. The van der Waals surface area contributed by atoms with Crippen molar-refractivity contribution in [2.75, 3.05) is 0 Å². The first kappa shape index (κ1) is 13.4. The Hall–Kier alpha value is -1.61. The van der Waals surface area contributed by atoms with Crippen molar-refractivity contribution < 1.29 is 13.9 Å². The molecule has 0 amide bonds. The summed E-state index contributed by atoms with van der Waals surface area (Å²) in [4.78, 5) is 12.7. The van der Waals surface area contributed by atoms with Crippen molar-refractivity contribution in [3.05, 3.63) is 35.6 Å². The van der Waals surface area contributed by atoms with E-state index in [1.165, 1.54) is 0 Å². The van der Waals surface area contributed by atoms with E-state index in [-0.39, 0.29) is 29.8 Å². The van der Waals surface area contributed by atoms with Crippen molar-refractivity contribution in [3.63, 3.8) is 0 Å². The third-order valence-corrected chi connectivity index (χ3v) is 4.46. The Balaban J connectivity index is 1.96. The van der Waals surface area contributed by atoms with Gasteiger partial charge in [-0.15, -0.1) is 0 Å². The van der Waals surface area contributed by atoms with E-state index in [1.54, 1.807) is 0 Å². The summed E-state index contributed by atoms with van der Waals surface area (Å²) >= 11 is 0. The fraction of sp³-hybridized carbons (Fsp3) is 0.471. The number of carbonyl (C=O) groups excluding carboxylic acids is 1. The molecule has 3 heteroatoms. The fourth-order valence-electron chi connectivity index (χ4n) is 3.17. The van der Waals surface area contributed by atoms with Crippen molar-refractivity contribution in [2.45, 2.75) is 39.9 Å². The lowest BCUT2D eigenvalue weighted by molar-refractivity contribution is 0.0485. The van der Waals surface area contributed by atoms with Crippen molar-refractivity contribution in [1.82, 2.24) is 0 Å². The number of rotatable bonds is 2. The second-order valence-corrected chi connectivity index (χ2v) is 5.95. The van der Waals surface area contributed by atoms with E-state index in [2.05, 4.69) is 6.92 Å². The molecule has 1 aromatic heterocycles. The van der Waals surface area contributed by atoms with E-state index in [0.29, 0.717) is 5.76 Å². The van der Waals surface area contributed by atoms with Crippen molar-refractivity contribution in [3.8, 4) is 0 Å². The number of fused-ring (bicyclic) bond motifs is 1. The number of carbonyl (C=O) groups is 1. The van der Waals surface area contributed by atoms with E-state index in [9.17, 15) is 4.79 Å². The summed E-state index contributed by atoms with van der Waals surface area (Å²) < 4.78 is 11.5. The molecule has 0 N–H and O–H groups in total. The van der Waals surface area contributed by atoms with E-state index < -0.39 is 0 Å². The Kier molecular flexibility index (Phi) is 3.17. The topological polar surface area (TPSA) is 39.4 Å². The third kappa shape index (κ3) is 2.06. The molecule has 106 valence electrons. The maximum Gasteiger partial charge on any atom is 0.204 e. The highest BCUT2D eigenvalue weighted by atomic mass is 16.5. The highest BCUT2D eigenvalue weighted by Gasteiger charge is 2.42.